The molecule has 2 unspecified atom stereocenters. The highest BCUT2D eigenvalue weighted by atomic mass is 31.2. The number of phosphoric ester groups is 1. The summed E-state index contributed by atoms with van der Waals surface area (Å²) in [6.45, 7) is 4.76. The Bertz CT molecular complexity index is 760. The lowest BCUT2D eigenvalue weighted by molar-refractivity contribution is -0.870. The Hall–Kier alpha value is -0.790. The number of ether oxygens (including phenoxy) is 1. The van der Waals surface area contributed by atoms with Gasteiger partial charge in [-0.25, -0.2) is 0 Å². The number of rotatable bonds is 29. The second-order valence-corrected chi connectivity index (χ2v) is 13.9. The predicted molar refractivity (Wildman–Crippen MR) is 170 cm³/mol. The van der Waals surface area contributed by atoms with Crippen LogP contribution in [0.3, 0.4) is 0 Å². The van der Waals surface area contributed by atoms with E-state index in [0.717, 1.165) is 18.4 Å². The normalized spacial score (nSPS) is 14.3. The SMILES string of the molecule is CCCCCCCCCCCCCCCCCCOCC(CNCc1ccccc1)OP(=O)([O-])OCC[N+](C)(C)C. The van der Waals surface area contributed by atoms with E-state index in [1.807, 2.05) is 51.5 Å². The third-order valence-corrected chi connectivity index (χ3v) is 8.33. The van der Waals surface area contributed by atoms with Gasteiger partial charge in [0.25, 0.3) is 7.82 Å². The minimum absolute atomic E-state index is 0.0918. The van der Waals surface area contributed by atoms with Crippen molar-refractivity contribution in [3.05, 3.63) is 35.9 Å². The highest BCUT2D eigenvalue weighted by Gasteiger charge is 2.20. The molecule has 1 rings (SSSR count). The smallest absolute Gasteiger partial charge is 0.268 e. The number of hydrogen-bond acceptors (Lipinski definition) is 6. The first-order chi connectivity index (χ1) is 19.7. The van der Waals surface area contributed by atoms with E-state index in [4.69, 9.17) is 13.8 Å². The van der Waals surface area contributed by atoms with Gasteiger partial charge >= 0.3 is 0 Å². The third-order valence-electron chi connectivity index (χ3n) is 7.28. The number of phosphoric acid groups is 1. The van der Waals surface area contributed by atoms with Crippen molar-refractivity contribution in [3.8, 4) is 0 Å². The molecule has 0 aliphatic heterocycles. The van der Waals surface area contributed by atoms with Crippen molar-refractivity contribution in [3.63, 3.8) is 0 Å². The van der Waals surface area contributed by atoms with Gasteiger partial charge in [-0.05, 0) is 12.0 Å². The lowest BCUT2D eigenvalue weighted by Gasteiger charge is -2.30. The van der Waals surface area contributed by atoms with Crippen LogP contribution >= 0.6 is 7.82 Å². The molecular formula is C33H63N2O5P. The molecule has 0 aliphatic carbocycles. The van der Waals surface area contributed by atoms with E-state index in [2.05, 4.69) is 12.2 Å². The van der Waals surface area contributed by atoms with E-state index in [0.29, 0.717) is 30.7 Å². The number of benzene rings is 1. The lowest BCUT2D eigenvalue weighted by atomic mass is 10.0. The zero-order valence-corrected chi connectivity index (χ0v) is 27.9. The van der Waals surface area contributed by atoms with Crippen LogP contribution in [0.5, 0.6) is 0 Å². The van der Waals surface area contributed by atoms with E-state index in [-0.39, 0.29) is 13.2 Å². The van der Waals surface area contributed by atoms with Crippen LogP contribution in [0, 0.1) is 0 Å². The summed E-state index contributed by atoms with van der Waals surface area (Å²) >= 11 is 0. The molecular weight excluding hydrogens is 535 g/mol. The van der Waals surface area contributed by atoms with Crippen LogP contribution in [0.25, 0.3) is 0 Å². The summed E-state index contributed by atoms with van der Waals surface area (Å²) in [4.78, 5) is 12.4. The highest BCUT2D eigenvalue weighted by Crippen LogP contribution is 2.39. The number of likely N-dealkylation sites (N-methyl/N-ethyl adjacent to an activating group) is 1. The van der Waals surface area contributed by atoms with E-state index >= 15 is 0 Å². The van der Waals surface area contributed by atoms with Gasteiger partial charge in [-0.3, -0.25) is 4.57 Å². The van der Waals surface area contributed by atoms with Crippen LogP contribution in [0.2, 0.25) is 0 Å². The fraction of sp³-hybridized carbons (Fsp3) is 0.818. The summed E-state index contributed by atoms with van der Waals surface area (Å²) in [5.74, 6) is 0. The molecule has 0 amide bonds. The van der Waals surface area contributed by atoms with E-state index in [1.54, 1.807) is 0 Å². The van der Waals surface area contributed by atoms with Gasteiger partial charge in [0.2, 0.25) is 0 Å². The predicted octanol–water partition coefficient (Wildman–Crippen LogP) is 7.63. The molecule has 0 heterocycles. The maximum Gasteiger partial charge on any atom is 0.268 e. The minimum atomic E-state index is -4.42. The van der Waals surface area contributed by atoms with Crippen LogP contribution < -0.4 is 10.2 Å². The topological polar surface area (TPSA) is 79.9 Å². The maximum atomic E-state index is 12.4. The molecule has 2 atom stereocenters. The minimum Gasteiger partial charge on any atom is -0.756 e. The fourth-order valence-corrected chi connectivity index (χ4v) is 5.57. The van der Waals surface area contributed by atoms with Crippen LogP contribution in [-0.2, 0) is 24.9 Å². The summed E-state index contributed by atoms with van der Waals surface area (Å²) in [7, 11) is 1.55. The van der Waals surface area contributed by atoms with Crippen LogP contribution in [0.4, 0.5) is 0 Å². The molecule has 0 radical (unpaired) electrons. The molecule has 7 nitrogen and oxygen atoms in total. The molecule has 1 aromatic rings. The van der Waals surface area contributed by atoms with Crippen LogP contribution in [0.1, 0.15) is 115 Å². The Labute approximate surface area is 252 Å². The third kappa shape index (κ3) is 25.4. The molecule has 1 aromatic carbocycles. The number of nitrogens with one attached hydrogen (secondary N) is 1. The van der Waals surface area contributed by atoms with Crippen molar-refractivity contribution < 1.29 is 27.7 Å². The Morgan fingerprint density at radius 2 is 1.29 bits per heavy atom. The van der Waals surface area contributed by atoms with Crippen LogP contribution in [-0.4, -0.2) is 64.6 Å². The van der Waals surface area contributed by atoms with Gasteiger partial charge < -0.3 is 28.5 Å². The summed E-state index contributed by atoms with van der Waals surface area (Å²) in [6, 6.07) is 10.0. The van der Waals surface area contributed by atoms with Gasteiger partial charge in [0.1, 0.15) is 19.3 Å². The fourth-order valence-electron chi connectivity index (χ4n) is 4.71. The number of nitrogens with zero attached hydrogens (tertiary/aromatic N) is 1. The summed E-state index contributed by atoms with van der Waals surface area (Å²) < 4.78 is 29.4. The van der Waals surface area contributed by atoms with Crippen molar-refractivity contribution >= 4 is 7.82 Å². The van der Waals surface area contributed by atoms with Crippen molar-refractivity contribution in [2.45, 2.75) is 122 Å². The zero-order chi connectivity index (χ0) is 30.1. The molecule has 0 saturated heterocycles. The zero-order valence-electron chi connectivity index (χ0n) is 27.0. The van der Waals surface area contributed by atoms with Gasteiger partial charge in [0.15, 0.2) is 0 Å². The molecule has 8 heteroatoms. The molecule has 0 aromatic heterocycles. The van der Waals surface area contributed by atoms with Gasteiger partial charge in [0.05, 0.1) is 27.7 Å². The van der Waals surface area contributed by atoms with Crippen molar-refractivity contribution in [1.82, 2.24) is 5.32 Å². The van der Waals surface area contributed by atoms with E-state index < -0.39 is 13.9 Å². The molecule has 0 aliphatic rings. The molecule has 0 saturated carbocycles. The Morgan fingerprint density at radius 3 is 1.80 bits per heavy atom. The summed E-state index contributed by atoms with van der Waals surface area (Å²) in [5.41, 5.74) is 1.13. The average molecular weight is 599 g/mol. The molecule has 0 spiro atoms. The first kappa shape index (κ1) is 38.2. The summed E-state index contributed by atoms with van der Waals surface area (Å²) in [5, 5.41) is 3.29. The van der Waals surface area contributed by atoms with Gasteiger partial charge in [-0.2, -0.15) is 0 Å². The highest BCUT2D eigenvalue weighted by molar-refractivity contribution is 7.45. The molecule has 1 N–H and O–H groups in total. The quantitative estimate of drug-likeness (QED) is 0.0580. The first-order valence-corrected chi connectivity index (χ1v) is 17.9. The van der Waals surface area contributed by atoms with E-state index in [9.17, 15) is 9.46 Å². The number of quaternary nitrogens is 1. The van der Waals surface area contributed by atoms with Gasteiger partial charge in [0, 0.05) is 19.7 Å². The molecule has 41 heavy (non-hydrogen) atoms. The maximum absolute atomic E-state index is 12.4. The average Bonchev–Trinajstić information content (AvgIpc) is 2.91. The Morgan fingerprint density at radius 1 is 0.780 bits per heavy atom. The Balaban J connectivity index is 2.15. The van der Waals surface area contributed by atoms with Gasteiger partial charge in [-0.15, -0.1) is 0 Å². The van der Waals surface area contributed by atoms with Crippen molar-refractivity contribution in [2.24, 2.45) is 0 Å². The van der Waals surface area contributed by atoms with E-state index in [1.165, 1.54) is 89.9 Å². The number of unbranched alkanes of at least 4 members (excludes halogenated alkanes) is 15. The van der Waals surface area contributed by atoms with Gasteiger partial charge in [-0.1, -0.05) is 134 Å². The number of hydrogen-bond donors (Lipinski definition) is 1. The van der Waals surface area contributed by atoms with Crippen molar-refractivity contribution in [1.29, 1.82) is 0 Å². The second kappa shape index (κ2) is 24.6. The van der Waals surface area contributed by atoms with Crippen LogP contribution in [0.15, 0.2) is 30.3 Å². The largest absolute Gasteiger partial charge is 0.756 e. The lowest BCUT2D eigenvalue weighted by Crippen LogP contribution is -2.38. The molecule has 0 fully saturated rings. The summed E-state index contributed by atoms with van der Waals surface area (Å²) in [6.07, 6.45) is 20.7. The second-order valence-electron chi connectivity index (χ2n) is 12.5. The van der Waals surface area contributed by atoms with Crippen molar-refractivity contribution in [2.75, 3.05) is 54.1 Å². The molecule has 240 valence electrons. The standard InChI is InChI=1S/C33H63N2O5P/c1-5-6-7-8-9-10-11-12-13-14-15-16-17-18-19-23-27-38-31-33(30-34-29-32-24-21-20-22-25-32)40-41(36,37)39-28-26-35(2,3)4/h20-22,24-25,33-34H,5-19,23,26-31H2,1-4H3. The molecule has 0 bridgehead atoms. The monoisotopic (exact) mass is 598 g/mol. The first-order valence-electron chi connectivity index (χ1n) is 16.5. The Kier molecular flexibility index (Phi) is 23.0.